The van der Waals surface area contributed by atoms with E-state index in [1.807, 2.05) is 6.92 Å². The highest BCUT2D eigenvalue weighted by Crippen LogP contribution is 2.32. The first kappa shape index (κ1) is 20.1. The first-order chi connectivity index (χ1) is 13.6. The number of benzene rings is 2. The predicted molar refractivity (Wildman–Crippen MR) is 98.9 cm³/mol. The number of aryl methyl sites for hydroxylation is 1. The van der Waals surface area contributed by atoms with E-state index in [2.05, 4.69) is 10.4 Å². The van der Waals surface area contributed by atoms with Crippen molar-refractivity contribution in [3.8, 4) is 0 Å². The standard InChI is InChI=1S/C20H16F3N3O3/c1-12-6-8-13(9-7-12)18(27)24-17-10-16(19(28)29)25-26(17)11-14-4-2-3-5-15(14)20(21,22)23/h2-10H,11H2,1H3,(H,24,27)(H,28,29). The fourth-order valence-electron chi connectivity index (χ4n) is 2.73. The average molecular weight is 403 g/mol. The third-order valence-corrected chi connectivity index (χ3v) is 4.20. The van der Waals surface area contributed by atoms with Gasteiger partial charge in [-0.3, -0.25) is 4.79 Å². The number of nitrogens with zero attached hydrogens (tertiary/aromatic N) is 2. The average Bonchev–Trinajstić information content (AvgIpc) is 3.04. The van der Waals surface area contributed by atoms with Crippen molar-refractivity contribution in [2.24, 2.45) is 0 Å². The number of hydrogen-bond acceptors (Lipinski definition) is 3. The molecule has 9 heteroatoms. The van der Waals surface area contributed by atoms with Crippen molar-refractivity contribution in [1.29, 1.82) is 0 Å². The Hall–Kier alpha value is -3.62. The van der Waals surface area contributed by atoms with E-state index in [4.69, 9.17) is 0 Å². The first-order valence-corrected chi connectivity index (χ1v) is 8.49. The highest BCUT2D eigenvalue weighted by Gasteiger charge is 2.33. The molecule has 0 atom stereocenters. The number of halogens is 3. The maximum absolute atomic E-state index is 13.3. The highest BCUT2D eigenvalue weighted by atomic mass is 19.4. The van der Waals surface area contributed by atoms with Crippen molar-refractivity contribution in [2.75, 3.05) is 5.32 Å². The number of carbonyl (C=O) groups is 2. The highest BCUT2D eigenvalue weighted by molar-refractivity contribution is 6.04. The third kappa shape index (κ3) is 4.63. The fraction of sp³-hybridized carbons (Fsp3) is 0.150. The van der Waals surface area contributed by atoms with Crippen LogP contribution < -0.4 is 5.32 Å². The summed E-state index contributed by atoms with van der Waals surface area (Å²) in [6.07, 6.45) is -4.58. The monoisotopic (exact) mass is 403 g/mol. The topological polar surface area (TPSA) is 84.2 Å². The Morgan fingerprint density at radius 1 is 1.10 bits per heavy atom. The second-order valence-electron chi connectivity index (χ2n) is 6.35. The van der Waals surface area contributed by atoms with Gasteiger partial charge in [0.25, 0.3) is 5.91 Å². The molecule has 0 aliphatic heterocycles. The van der Waals surface area contributed by atoms with Crippen LogP contribution in [0.25, 0.3) is 0 Å². The van der Waals surface area contributed by atoms with Crippen LogP contribution in [0, 0.1) is 6.92 Å². The van der Waals surface area contributed by atoms with E-state index in [0.29, 0.717) is 5.56 Å². The van der Waals surface area contributed by atoms with Crippen molar-refractivity contribution in [1.82, 2.24) is 9.78 Å². The number of nitrogens with one attached hydrogen (secondary N) is 1. The Balaban J connectivity index is 1.95. The van der Waals surface area contributed by atoms with Crippen molar-refractivity contribution in [3.05, 3.63) is 82.5 Å². The van der Waals surface area contributed by atoms with Gasteiger partial charge >= 0.3 is 12.1 Å². The molecule has 0 aliphatic carbocycles. The molecule has 3 rings (SSSR count). The van der Waals surface area contributed by atoms with Gasteiger partial charge in [-0.15, -0.1) is 0 Å². The SMILES string of the molecule is Cc1ccc(C(=O)Nc2cc(C(=O)O)nn2Cc2ccccc2C(F)(F)F)cc1. The summed E-state index contributed by atoms with van der Waals surface area (Å²) < 4.78 is 40.8. The largest absolute Gasteiger partial charge is 0.476 e. The van der Waals surface area contributed by atoms with Crippen molar-refractivity contribution >= 4 is 17.7 Å². The molecule has 2 N–H and O–H groups in total. The molecule has 0 saturated heterocycles. The molecule has 0 radical (unpaired) electrons. The summed E-state index contributed by atoms with van der Waals surface area (Å²) in [7, 11) is 0. The van der Waals surface area contributed by atoms with Crippen LogP contribution in [0.1, 0.15) is 37.5 Å². The molecule has 1 amide bonds. The summed E-state index contributed by atoms with van der Waals surface area (Å²) in [4.78, 5) is 23.7. The van der Waals surface area contributed by atoms with Crippen LogP contribution in [0.15, 0.2) is 54.6 Å². The molecular formula is C20H16F3N3O3. The molecule has 1 aromatic heterocycles. The normalized spacial score (nSPS) is 11.3. The van der Waals surface area contributed by atoms with E-state index in [0.717, 1.165) is 22.4 Å². The first-order valence-electron chi connectivity index (χ1n) is 8.49. The van der Waals surface area contributed by atoms with E-state index >= 15 is 0 Å². The molecule has 1 heterocycles. The number of amides is 1. The lowest BCUT2D eigenvalue weighted by Gasteiger charge is -2.14. The Bertz CT molecular complexity index is 1060. The van der Waals surface area contributed by atoms with Gasteiger partial charge in [-0.25, -0.2) is 9.48 Å². The summed E-state index contributed by atoms with van der Waals surface area (Å²) >= 11 is 0. The number of rotatable bonds is 5. The van der Waals surface area contributed by atoms with Gasteiger partial charge in [0.2, 0.25) is 0 Å². The number of carboxylic acid groups (broad SMARTS) is 1. The molecule has 29 heavy (non-hydrogen) atoms. The van der Waals surface area contributed by atoms with Crippen LogP contribution in [0.3, 0.4) is 0 Å². The minimum Gasteiger partial charge on any atom is -0.476 e. The number of alkyl halides is 3. The third-order valence-electron chi connectivity index (χ3n) is 4.20. The predicted octanol–water partition coefficient (Wildman–Crippen LogP) is 4.21. The van der Waals surface area contributed by atoms with Crippen molar-refractivity contribution in [2.45, 2.75) is 19.6 Å². The van der Waals surface area contributed by atoms with Crippen LogP contribution in [0.5, 0.6) is 0 Å². The van der Waals surface area contributed by atoms with Gasteiger partial charge in [0.05, 0.1) is 12.1 Å². The number of carbonyl (C=O) groups excluding carboxylic acids is 1. The summed E-state index contributed by atoms with van der Waals surface area (Å²) in [6.45, 7) is 1.49. The molecule has 3 aromatic rings. The molecule has 150 valence electrons. The Morgan fingerprint density at radius 3 is 2.38 bits per heavy atom. The van der Waals surface area contributed by atoms with Crippen LogP contribution in [-0.2, 0) is 12.7 Å². The molecule has 0 saturated carbocycles. The van der Waals surface area contributed by atoms with Gasteiger partial charge in [-0.2, -0.15) is 18.3 Å². The molecule has 0 spiro atoms. The lowest BCUT2D eigenvalue weighted by Crippen LogP contribution is -2.17. The molecule has 0 unspecified atom stereocenters. The number of aromatic carboxylic acids is 1. The second-order valence-corrected chi connectivity index (χ2v) is 6.35. The maximum Gasteiger partial charge on any atom is 0.416 e. The second kappa shape index (κ2) is 7.78. The van der Waals surface area contributed by atoms with Gasteiger partial charge in [0.15, 0.2) is 5.69 Å². The molecule has 2 aromatic carbocycles. The lowest BCUT2D eigenvalue weighted by molar-refractivity contribution is -0.138. The molecular weight excluding hydrogens is 387 g/mol. The number of carboxylic acids is 1. The van der Waals surface area contributed by atoms with E-state index in [9.17, 15) is 27.9 Å². The zero-order chi connectivity index (χ0) is 21.2. The van der Waals surface area contributed by atoms with Gasteiger partial charge in [-0.05, 0) is 30.7 Å². The molecule has 0 fully saturated rings. The minimum absolute atomic E-state index is 0.0232. The molecule has 6 nitrogen and oxygen atoms in total. The zero-order valence-electron chi connectivity index (χ0n) is 15.2. The van der Waals surface area contributed by atoms with E-state index in [-0.39, 0.29) is 17.9 Å². The van der Waals surface area contributed by atoms with E-state index < -0.39 is 29.3 Å². The van der Waals surface area contributed by atoms with Crippen molar-refractivity contribution < 1.29 is 27.9 Å². The van der Waals surface area contributed by atoms with Crippen LogP contribution in [-0.4, -0.2) is 26.8 Å². The number of hydrogen-bond donors (Lipinski definition) is 2. The lowest BCUT2D eigenvalue weighted by atomic mass is 10.1. The van der Waals surface area contributed by atoms with Gasteiger partial charge in [0.1, 0.15) is 5.82 Å². The van der Waals surface area contributed by atoms with Crippen LogP contribution in [0.2, 0.25) is 0 Å². The molecule has 0 aliphatic rings. The fourth-order valence-corrected chi connectivity index (χ4v) is 2.73. The Labute approximate surface area is 163 Å². The van der Waals surface area contributed by atoms with Gasteiger partial charge in [0, 0.05) is 11.6 Å². The van der Waals surface area contributed by atoms with E-state index in [1.54, 1.807) is 24.3 Å². The van der Waals surface area contributed by atoms with Gasteiger partial charge < -0.3 is 10.4 Å². The minimum atomic E-state index is -4.58. The summed E-state index contributed by atoms with van der Waals surface area (Å²) in [6, 6.07) is 12.6. The summed E-state index contributed by atoms with van der Waals surface area (Å²) in [5, 5.41) is 15.5. The summed E-state index contributed by atoms with van der Waals surface area (Å²) in [5.41, 5.74) is -0.0952. The smallest absolute Gasteiger partial charge is 0.416 e. The Morgan fingerprint density at radius 2 is 1.76 bits per heavy atom. The van der Waals surface area contributed by atoms with Gasteiger partial charge in [-0.1, -0.05) is 35.9 Å². The van der Waals surface area contributed by atoms with Crippen LogP contribution in [0.4, 0.5) is 19.0 Å². The van der Waals surface area contributed by atoms with Crippen LogP contribution >= 0.6 is 0 Å². The quantitative estimate of drug-likeness (QED) is 0.669. The van der Waals surface area contributed by atoms with Crippen molar-refractivity contribution in [3.63, 3.8) is 0 Å². The Kier molecular flexibility index (Phi) is 5.40. The van der Waals surface area contributed by atoms with E-state index in [1.165, 1.54) is 18.2 Å². The maximum atomic E-state index is 13.3. The number of aromatic nitrogens is 2. The molecule has 0 bridgehead atoms. The number of anilines is 1. The summed E-state index contributed by atoms with van der Waals surface area (Å²) in [5.74, 6) is -1.92. The zero-order valence-corrected chi connectivity index (χ0v) is 15.2.